The van der Waals surface area contributed by atoms with Crippen LogP contribution in [0.4, 0.5) is 17.3 Å². The summed E-state index contributed by atoms with van der Waals surface area (Å²) in [5, 5.41) is 3.20. The number of nitrogen functional groups attached to an aromatic ring is 1. The predicted molar refractivity (Wildman–Crippen MR) is 80.1 cm³/mol. The Balaban J connectivity index is 2.07. The van der Waals surface area contributed by atoms with E-state index in [0.29, 0.717) is 17.5 Å². The topological polar surface area (TPSA) is 85.1 Å². The zero-order valence-electron chi connectivity index (χ0n) is 11.7. The van der Waals surface area contributed by atoms with Crippen LogP contribution >= 0.6 is 0 Å². The van der Waals surface area contributed by atoms with Crippen LogP contribution in [0.15, 0.2) is 30.3 Å². The highest BCUT2D eigenvalue weighted by molar-refractivity contribution is 5.59. The number of benzene rings is 1. The molecule has 106 valence electrons. The van der Waals surface area contributed by atoms with Crippen LogP contribution < -0.4 is 21.3 Å². The molecule has 0 amide bonds. The van der Waals surface area contributed by atoms with Crippen molar-refractivity contribution in [3.63, 3.8) is 0 Å². The van der Waals surface area contributed by atoms with Crippen molar-refractivity contribution >= 4 is 17.3 Å². The van der Waals surface area contributed by atoms with Crippen molar-refractivity contribution in [2.24, 2.45) is 5.84 Å². The number of aromatic nitrogens is 2. The third-order valence-electron chi connectivity index (χ3n) is 2.59. The molecule has 20 heavy (non-hydrogen) atoms. The highest BCUT2D eigenvalue weighted by Crippen LogP contribution is 2.20. The minimum absolute atomic E-state index is 0.572. The maximum absolute atomic E-state index is 5.54. The fourth-order valence-electron chi connectivity index (χ4n) is 1.71. The fourth-order valence-corrected chi connectivity index (χ4v) is 1.71. The first-order chi connectivity index (χ1) is 9.71. The molecule has 4 N–H and O–H groups in total. The summed E-state index contributed by atoms with van der Waals surface area (Å²) in [5.74, 6) is 8.13. The van der Waals surface area contributed by atoms with E-state index in [1.807, 2.05) is 31.2 Å². The van der Waals surface area contributed by atoms with E-state index >= 15 is 0 Å². The van der Waals surface area contributed by atoms with Gasteiger partial charge in [-0.05, 0) is 37.6 Å². The molecule has 0 atom stereocenters. The monoisotopic (exact) mass is 273 g/mol. The molecule has 6 heteroatoms. The third kappa shape index (κ3) is 3.83. The first kappa shape index (κ1) is 14.1. The number of hydrogen-bond donors (Lipinski definition) is 3. The van der Waals surface area contributed by atoms with Gasteiger partial charge in [0, 0.05) is 11.8 Å². The van der Waals surface area contributed by atoms with Gasteiger partial charge < -0.3 is 15.5 Å². The van der Waals surface area contributed by atoms with Crippen LogP contribution in [-0.2, 0) is 0 Å². The van der Waals surface area contributed by atoms with Gasteiger partial charge in [0.1, 0.15) is 23.2 Å². The summed E-state index contributed by atoms with van der Waals surface area (Å²) in [6.45, 7) is 4.62. The van der Waals surface area contributed by atoms with Crippen molar-refractivity contribution in [1.29, 1.82) is 0 Å². The van der Waals surface area contributed by atoms with Gasteiger partial charge in [-0.3, -0.25) is 0 Å². The number of nitrogens with one attached hydrogen (secondary N) is 2. The summed E-state index contributed by atoms with van der Waals surface area (Å²) in [5.41, 5.74) is 3.44. The summed E-state index contributed by atoms with van der Waals surface area (Å²) in [7, 11) is 0. The van der Waals surface area contributed by atoms with E-state index in [2.05, 4.69) is 27.6 Å². The van der Waals surface area contributed by atoms with E-state index in [9.17, 15) is 0 Å². The number of hydrazine groups is 1. The first-order valence-corrected chi connectivity index (χ1v) is 6.53. The standard InChI is InChI=1S/C14H19N5O/c1-3-8-20-12-6-4-11(5-7-12)18-13-9-14(19-15)17-10(2)16-13/h4-7,9H,3,8,15H2,1-2H3,(H2,16,17,18,19). The lowest BCUT2D eigenvalue weighted by Crippen LogP contribution is -2.10. The van der Waals surface area contributed by atoms with E-state index in [0.717, 1.165) is 24.5 Å². The van der Waals surface area contributed by atoms with Gasteiger partial charge in [-0.2, -0.15) is 0 Å². The molecule has 1 heterocycles. The van der Waals surface area contributed by atoms with Crippen LogP contribution in [0.2, 0.25) is 0 Å². The van der Waals surface area contributed by atoms with E-state index in [-0.39, 0.29) is 0 Å². The summed E-state index contributed by atoms with van der Waals surface area (Å²) in [4.78, 5) is 8.43. The lowest BCUT2D eigenvalue weighted by atomic mass is 10.3. The van der Waals surface area contributed by atoms with E-state index in [4.69, 9.17) is 10.6 Å². The van der Waals surface area contributed by atoms with Crippen molar-refractivity contribution in [3.05, 3.63) is 36.2 Å². The molecule has 0 saturated carbocycles. The van der Waals surface area contributed by atoms with Crippen LogP contribution in [-0.4, -0.2) is 16.6 Å². The summed E-state index contributed by atoms with van der Waals surface area (Å²) < 4.78 is 5.54. The molecule has 0 saturated heterocycles. The van der Waals surface area contributed by atoms with Gasteiger partial charge in [0.2, 0.25) is 0 Å². The minimum atomic E-state index is 0.572. The van der Waals surface area contributed by atoms with Crippen molar-refractivity contribution < 1.29 is 4.74 Å². The Kier molecular flexibility index (Phi) is 4.73. The van der Waals surface area contributed by atoms with E-state index in [1.165, 1.54) is 0 Å². The van der Waals surface area contributed by atoms with Gasteiger partial charge in [-0.25, -0.2) is 15.8 Å². The molecule has 2 rings (SSSR count). The fraction of sp³-hybridized carbons (Fsp3) is 0.286. The Morgan fingerprint density at radius 2 is 1.85 bits per heavy atom. The number of nitrogens with zero attached hydrogens (tertiary/aromatic N) is 2. The van der Waals surface area contributed by atoms with Gasteiger partial charge >= 0.3 is 0 Å². The third-order valence-corrected chi connectivity index (χ3v) is 2.59. The normalized spacial score (nSPS) is 10.2. The molecule has 1 aromatic heterocycles. The van der Waals surface area contributed by atoms with Gasteiger partial charge in [-0.15, -0.1) is 0 Å². The summed E-state index contributed by atoms with van der Waals surface area (Å²) >= 11 is 0. The molecule has 6 nitrogen and oxygen atoms in total. The SMILES string of the molecule is CCCOc1ccc(Nc2cc(NN)nc(C)n2)cc1. The molecular formula is C14H19N5O. The number of ether oxygens (including phenoxy) is 1. The number of anilines is 3. The van der Waals surface area contributed by atoms with Gasteiger partial charge in [0.25, 0.3) is 0 Å². The predicted octanol–water partition coefficient (Wildman–Crippen LogP) is 2.60. The second-order valence-corrected chi connectivity index (χ2v) is 4.33. The molecule has 0 aliphatic carbocycles. The molecule has 0 aliphatic rings. The zero-order chi connectivity index (χ0) is 14.4. The van der Waals surface area contributed by atoms with E-state index in [1.54, 1.807) is 6.07 Å². The molecule has 0 unspecified atom stereocenters. The molecule has 0 radical (unpaired) electrons. The second kappa shape index (κ2) is 6.72. The van der Waals surface area contributed by atoms with Crippen LogP contribution in [0.5, 0.6) is 5.75 Å². The highest BCUT2D eigenvalue weighted by Gasteiger charge is 2.02. The average molecular weight is 273 g/mol. The smallest absolute Gasteiger partial charge is 0.145 e. The van der Waals surface area contributed by atoms with Crippen LogP contribution in [0.25, 0.3) is 0 Å². The summed E-state index contributed by atoms with van der Waals surface area (Å²) in [6.07, 6.45) is 0.995. The van der Waals surface area contributed by atoms with Crippen molar-refractivity contribution in [2.75, 3.05) is 17.3 Å². The lowest BCUT2D eigenvalue weighted by Gasteiger charge is -2.09. The Morgan fingerprint density at radius 1 is 1.15 bits per heavy atom. The molecule has 0 bridgehead atoms. The largest absolute Gasteiger partial charge is 0.494 e. The Morgan fingerprint density at radius 3 is 2.50 bits per heavy atom. The molecular weight excluding hydrogens is 254 g/mol. The molecule has 0 spiro atoms. The lowest BCUT2D eigenvalue weighted by molar-refractivity contribution is 0.317. The van der Waals surface area contributed by atoms with Crippen molar-refractivity contribution in [1.82, 2.24) is 9.97 Å². The number of aryl methyl sites for hydroxylation is 1. The quantitative estimate of drug-likeness (QED) is 0.554. The first-order valence-electron chi connectivity index (χ1n) is 6.53. The Hall–Kier alpha value is -2.34. The average Bonchev–Trinajstić information content (AvgIpc) is 2.46. The second-order valence-electron chi connectivity index (χ2n) is 4.33. The summed E-state index contributed by atoms with van der Waals surface area (Å²) in [6, 6.07) is 9.48. The van der Waals surface area contributed by atoms with Crippen LogP contribution in [0, 0.1) is 6.92 Å². The molecule has 1 aromatic carbocycles. The van der Waals surface area contributed by atoms with Crippen molar-refractivity contribution in [3.8, 4) is 5.75 Å². The Labute approximate surface area is 118 Å². The zero-order valence-corrected chi connectivity index (χ0v) is 11.7. The van der Waals surface area contributed by atoms with Crippen LogP contribution in [0.1, 0.15) is 19.2 Å². The van der Waals surface area contributed by atoms with E-state index < -0.39 is 0 Å². The van der Waals surface area contributed by atoms with Gasteiger partial charge in [0.15, 0.2) is 0 Å². The molecule has 0 aliphatic heterocycles. The van der Waals surface area contributed by atoms with Gasteiger partial charge in [0.05, 0.1) is 6.61 Å². The van der Waals surface area contributed by atoms with Gasteiger partial charge in [-0.1, -0.05) is 6.92 Å². The van der Waals surface area contributed by atoms with Crippen molar-refractivity contribution in [2.45, 2.75) is 20.3 Å². The number of hydrogen-bond acceptors (Lipinski definition) is 6. The minimum Gasteiger partial charge on any atom is -0.494 e. The maximum atomic E-state index is 5.54. The number of nitrogens with two attached hydrogens (primary N) is 1. The van der Waals surface area contributed by atoms with Crippen LogP contribution in [0.3, 0.4) is 0 Å². The molecule has 0 fully saturated rings. The molecule has 2 aromatic rings. The Bertz CT molecular complexity index is 556. The highest BCUT2D eigenvalue weighted by atomic mass is 16.5. The number of rotatable bonds is 6. The maximum Gasteiger partial charge on any atom is 0.145 e.